The molecule has 8 rings (SSSR count). The van der Waals surface area contributed by atoms with Crippen molar-refractivity contribution in [2.24, 2.45) is 0 Å². The fraction of sp³-hybridized carbons (Fsp3) is 0.395. The topological polar surface area (TPSA) is 114 Å². The third kappa shape index (κ3) is 5.81. The minimum Gasteiger partial charge on any atom is -0.488 e. The maximum Gasteiger partial charge on any atom is 0.407 e. The summed E-state index contributed by atoms with van der Waals surface area (Å²) in [6, 6.07) is 12.6. The van der Waals surface area contributed by atoms with E-state index >= 15 is 4.39 Å². The second-order valence-corrected chi connectivity index (χ2v) is 14.4. The molecule has 260 valence electrons. The Labute approximate surface area is 288 Å². The third-order valence-electron chi connectivity index (χ3n) is 9.78. The first-order chi connectivity index (χ1) is 24.0. The molecule has 1 aromatic heterocycles. The van der Waals surface area contributed by atoms with E-state index in [1.807, 2.05) is 35.2 Å². The van der Waals surface area contributed by atoms with Crippen molar-refractivity contribution in [1.29, 1.82) is 0 Å². The first-order valence-electron chi connectivity index (χ1n) is 17.3. The zero-order chi connectivity index (χ0) is 34.7. The number of nitrogens with one attached hydrogen (secondary N) is 2. The molecule has 4 aliphatic heterocycles. The molecule has 5 heterocycles. The summed E-state index contributed by atoms with van der Waals surface area (Å²) >= 11 is 0. The minimum absolute atomic E-state index is 0.0380. The molecule has 0 bridgehead atoms. The lowest BCUT2D eigenvalue weighted by Crippen LogP contribution is -2.40. The van der Waals surface area contributed by atoms with Gasteiger partial charge in [-0.05, 0) is 76.4 Å². The molecule has 0 spiro atoms. The Bertz CT molecular complexity index is 2100. The number of fused-ring (bicyclic) bond motifs is 5. The molecular weight excluding hydrogens is 641 g/mol. The van der Waals surface area contributed by atoms with E-state index in [-0.39, 0.29) is 28.4 Å². The SMILES string of the molecule is CC(C)(C)OC(=O)N[C@H]1CCN(c2c(F)cc3c(=O)c(C(=O)NCCN4CCCC4)cn4c3c2Oc2cc3c(cc2-4)-c2ccccc2CO3)C1. The van der Waals surface area contributed by atoms with Crippen molar-refractivity contribution < 1.29 is 28.2 Å². The molecule has 0 unspecified atom stereocenters. The van der Waals surface area contributed by atoms with Crippen LogP contribution in [0.15, 0.2) is 53.5 Å². The number of hydrogen-bond acceptors (Lipinski definition) is 8. The number of ether oxygens (including phenoxy) is 3. The Morgan fingerprint density at radius 1 is 1.04 bits per heavy atom. The number of likely N-dealkylation sites (tertiary alicyclic amines) is 1. The molecule has 2 N–H and O–H groups in total. The van der Waals surface area contributed by atoms with Crippen LogP contribution in [0, 0.1) is 5.82 Å². The Morgan fingerprint density at radius 2 is 1.84 bits per heavy atom. The van der Waals surface area contributed by atoms with E-state index in [0.717, 1.165) is 42.6 Å². The van der Waals surface area contributed by atoms with Gasteiger partial charge in [-0.15, -0.1) is 0 Å². The summed E-state index contributed by atoms with van der Waals surface area (Å²) in [6.45, 7) is 9.57. The number of rotatable bonds is 6. The van der Waals surface area contributed by atoms with Gasteiger partial charge in [0.2, 0.25) is 5.43 Å². The predicted molar refractivity (Wildman–Crippen MR) is 187 cm³/mol. The normalized spacial score (nSPS) is 17.8. The van der Waals surface area contributed by atoms with Crippen LogP contribution in [-0.4, -0.2) is 72.4 Å². The number of benzene rings is 3. The average molecular weight is 682 g/mol. The molecule has 50 heavy (non-hydrogen) atoms. The van der Waals surface area contributed by atoms with Crippen molar-refractivity contribution in [3.63, 3.8) is 0 Å². The van der Waals surface area contributed by atoms with Gasteiger partial charge >= 0.3 is 6.09 Å². The summed E-state index contributed by atoms with van der Waals surface area (Å²) in [6.07, 6.45) is 3.83. The molecule has 0 radical (unpaired) electrons. The summed E-state index contributed by atoms with van der Waals surface area (Å²) in [5.41, 5.74) is 2.71. The summed E-state index contributed by atoms with van der Waals surface area (Å²) in [7, 11) is 0. The molecule has 2 amide bonds. The predicted octanol–water partition coefficient (Wildman–Crippen LogP) is 5.72. The molecule has 0 aliphatic carbocycles. The van der Waals surface area contributed by atoms with Gasteiger partial charge in [-0.3, -0.25) is 9.59 Å². The second kappa shape index (κ2) is 12.3. The molecule has 11 nitrogen and oxygen atoms in total. The van der Waals surface area contributed by atoms with Gasteiger partial charge in [0.1, 0.15) is 34.7 Å². The number of carbonyl (C=O) groups is 2. The Kier molecular flexibility index (Phi) is 7.93. The fourth-order valence-corrected chi connectivity index (χ4v) is 7.47. The van der Waals surface area contributed by atoms with Crippen LogP contribution in [0.25, 0.3) is 27.7 Å². The molecular formula is C38H40FN5O6. The number of hydrogen-bond donors (Lipinski definition) is 2. The highest BCUT2D eigenvalue weighted by molar-refractivity contribution is 6.01. The quantitative estimate of drug-likeness (QED) is 0.234. The van der Waals surface area contributed by atoms with Crippen LogP contribution in [0.4, 0.5) is 14.9 Å². The van der Waals surface area contributed by atoms with Crippen LogP contribution in [0.3, 0.4) is 0 Å². The van der Waals surface area contributed by atoms with Crippen molar-refractivity contribution in [2.45, 2.75) is 58.3 Å². The molecule has 3 aromatic carbocycles. The molecule has 0 saturated carbocycles. The van der Waals surface area contributed by atoms with E-state index in [9.17, 15) is 14.4 Å². The zero-order valence-electron chi connectivity index (χ0n) is 28.4. The van der Waals surface area contributed by atoms with E-state index < -0.39 is 28.8 Å². The van der Waals surface area contributed by atoms with Crippen molar-refractivity contribution in [3.05, 3.63) is 75.8 Å². The standard InChI is InChI=1S/C38H40FN5O6/c1-38(2,3)50-37(47)41-23-10-14-43(19-23)33-28(39)16-26-32-35(33)49-31-18-30-25(24-9-5-4-8-22(24)21-48-30)17-29(31)44(32)20-27(34(26)45)36(46)40-11-15-42-12-6-7-13-42/h4-5,8-9,16-18,20,23H,6-7,10-15,19,21H2,1-3H3,(H,40,46)(H,41,47)/t23-/m0/s1. The number of carbonyl (C=O) groups excluding carboxylic acids is 2. The van der Waals surface area contributed by atoms with Gasteiger partial charge in [0.25, 0.3) is 5.91 Å². The van der Waals surface area contributed by atoms with E-state index in [0.29, 0.717) is 61.9 Å². The average Bonchev–Trinajstić information content (AvgIpc) is 3.76. The number of halogens is 1. The fourth-order valence-electron chi connectivity index (χ4n) is 7.47. The first-order valence-corrected chi connectivity index (χ1v) is 17.3. The van der Waals surface area contributed by atoms with Crippen LogP contribution in [-0.2, 0) is 11.3 Å². The molecule has 2 fully saturated rings. The molecule has 12 heteroatoms. The van der Waals surface area contributed by atoms with Crippen LogP contribution in [0.5, 0.6) is 17.2 Å². The maximum absolute atomic E-state index is 16.4. The van der Waals surface area contributed by atoms with Crippen LogP contribution >= 0.6 is 0 Å². The monoisotopic (exact) mass is 681 g/mol. The number of pyridine rings is 1. The van der Waals surface area contributed by atoms with Crippen molar-refractivity contribution in [3.8, 4) is 34.1 Å². The van der Waals surface area contributed by atoms with Gasteiger partial charge in [-0.25, -0.2) is 9.18 Å². The largest absolute Gasteiger partial charge is 0.488 e. The number of anilines is 1. The van der Waals surface area contributed by atoms with E-state index in [1.54, 1.807) is 37.6 Å². The summed E-state index contributed by atoms with van der Waals surface area (Å²) in [5.74, 6) is 0.00680. The minimum atomic E-state index is -0.660. The highest BCUT2D eigenvalue weighted by Crippen LogP contribution is 2.51. The van der Waals surface area contributed by atoms with Gasteiger partial charge in [0, 0.05) is 44.0 Å². The number of nitrogens with zero attached hydrogens (tertiary/aromatic N) is 3. The number of aromatic nitrogens is 1. The summed E-state index contributed by atoms with van der Waals surface area (Å²) in [4.78, 5) is 44.2. The van der Waals surface area contributed by atoms with E-state index in [4.69, 9.17) is 14.2 Å². The van der Waals surface area contributed by atoms with Gasteiger partial charge in [0.05, 0.1) is 17.1 Å². The molecule has 2 saturated heterocycles. The summed E-state index contributed by atoms with van der Waals surface area (Å²) in [5, 5.41) is 5.84. The Balaban J connectivity index is 1.22. The molecule has 4 aliphatic rings. The van der Waals surface area contributed by atoms with Crippen LogP contribution < -0.4 is 30.4 Å². The zero-order valence-corrected chi connectivity index (χ0v) is 28.4. The van der Waals surface area contributed by atoms with Gasteiger partial charge in [0.15, 0.2) is 17.3 Å². The van der Waals surface area contributed by atoms with Gasteiger partial charge in [-0.1, -0.05) is 24.3 Å². The highest BCUT2D eigenvalue weighted by atomic mass is 19.1. The number of alkyl carbamates (subject to hydrolysis) is 1. The van der Waals surface area contributed by atoms with Gasteiger partial charge in [-0.2, -0.15) is 0 Å². The Morgan fingerprint density at radius 3 is 2.64 bits per heavy atom. The second-order valence-electron chi connectivity index (χ2n) is 14.4. The maximum atomic E-state index is 16.4. The highest BCUT2D eigenvalue weighted by Gasteiger charge is 2.35. The Hall–Kier alpha value is -5.10. The van der Waals surface area contributed by atoms with Crippen molar-refractivity contribution in [1.82, 2.24) is 20.1 Å². The summed E-state index contributed by atoms with van der Waals surface area (Å²) < 4.78 is 36.3. The first kappa shape index (κ1) is 32.1. The van der Waals surface area contributed by atoms with E-state index in [2.05, 4.69) is 15.5 Å². The lowest BCUT2D eigenvalue weighted by Gasteiger charge is -2.31. The lowest BCUT2D eigenvalue weighted by atomic mass is 9.95. The van der Waals surface area contributed by atoms with Crippen LogP contribution in [0.1, 0.15) is 56.0 Å². The van der Waals surface area contributed by atoms with Gasteiger partial charge < -0.3 is 39.2 Å². The lowest BCUT2D eigenvalue weighted by molar-refractivity contribution is 0.0508. The third-order valence-corrected chi connectivity index (χ3v) is 9.78. The van der Waals surface area contributed by atoms with Crippen LogP contribution in [0.2, 0.25) is 0 Å². The van der Waals surface area contributed by atoms with E-state index in [1.165, 1.54) is 6.07 Å². The van der Waals surface area contributed by atoms with Crippen molar-refractivity contribution in [2.75, 3.05) is 44.2 Å². The molecule has 4 aromatic rings. The molecule has 1 atom stereocenters. The van der Waals surface area contributed by atoms with Crippen molar-refractivity contribution >= 4 is 28.6 Å². The smallest absolute Gasteiger partial charge is 0.407 e. The number of amides is 2.